The molecule has 0 aromatic rings. The highest BCUT2D eigenvalue weighted by Gasteiger charge is 2.05. The highest BCUT2D eigenvalue weighted by molar-refractivity contribution is 5.86. The number of carboxylic acid groups (broad SMARTS) is 1. The minimum Gasteiger partial charge on any atom is -0.478 e. The lowest BCUT2D eigenvalue weighted by atomic mass is 10.0. The van der Waals surface area contributed by atoms with Crippen molar-refractivity contribution in [1.82, 2.24) is 0 Å². The summed E-state index contributed by atoms with van der Waals surface area (Å²) < 4.78 is 0. The predicted octanol–water partition coefficient (Wildman–Crippen LogP) is 9.01. The van der Waals surface area contributed by atoms with E-state index in [0.717, 1.165) is 19.3 Å². The van der Waals surface area contributed by atoms with Gasteiger partial charge in [0.15, 0.2) is 0 Å². The first-order chi connectivity index (χ1) is 13.7. The van der Waals surface area contributed by atoms with Gasteiger partial charge < -0.3 is 5.11 Å². The number of rotatable bonds is 21. The molecule has 0 aliphatic rings. The molecule has 0 rings (SSSR count). The van der Waals surface area contributed by atoms with Gasteiger partial charge in [0.1, 0.15) is 0 Å². The monoisotopic (exact) mass is 392 g/mol. The molecule has 0 saturated carbocycles. The fourth-order valence-corrected chi connectivity index (χ4v) is 3.56. The summed E-state index contributed by atoms with van der Waals surface area (Å²) in [6, 6.07) is 0. The molecule has 2 nitrogen and oxygen atoms in total. The molecule has 0 atom stereocenters. The smallest absolute Gasteiger partial charge is 0.331 e. The second kappa shape index (κ2) is 22.2. The highest BCUT2D eigenvalue weighted by atomic mass is 16.4. The Morgan fingerprint density at radius 3 is 1.54 bits per heavy atom. The normalized spacial score (nSPS) is 12.1. The molecular formula is C26H48O2. The molecule has 164 valence electrons. The van der Waals surface area contributed by atoms with Crippen LogP contribution in [0.2, 0.25) is 0 Å². The number of carboxylic acids is 1. The summed E-state index contributed by atoms with van der Waals surface area (Å²) in [6.07, 6.45) is 29.8. The van der Waals surface area contributed by atoms with Gasteiger partial charge in [0, 0.05) is 5.57 Å². The van der Waals surface area contributed by atoms with Gasteiger partial charge in [-0.2, -0.15) is 0 Å². The van der Waals surface area contributed by atoms with E-state index >= 15 is 0 Å². The zero-order chi connectivity index (χ0) is 20.7. The fourth-order valence-electron chi connectivity index (χ4n) is 3.56. The second-order valence-corrected chi connectivity index (χ2v) is 8.27. The number of allylic oxidation sites excluding steroid dienone is 3. The number of carbonyl (C=O) groups is 1. The maximum Gasteiger partial charge on any atom is 0.331 e. The zero-order valence-corrected chi connectivity index (χ0v) is 19.0. The van der Waals surface area contributed by atoms with Gasteiger partial charge >= 0.3 is 5.97 Å². The van der Waals surface area contributed by atoms with Crippen LogP contribution >= 0.6 is 0 Å². The molecule has 0 aromatic carbocycles. The Morgan fingerprint density at radius 2 is 1.07 bits per heavy atom. The first-order valence-electron chi connectivity index (χ1n) is 12.3. The third-order valence-electron chi connectivity index (χ3n) is 5.48. The van der Waals surface area contributed by atoms with E-state index in [2.05, 4.69) is 19.9 Å². The van der Waals surface area contributed by atoms with Crippen LogP contribution in [0.4, 0.5) is 0 Å². The molecule has 0 bridgehead atoms. The van der Waals surface area contributed by atoms with Crippen molar-refractivity contribution >= 4 is 5.97 Å². The minimum absolute atomic E-state index is 0.565. The predicted molar refractivity (Wildman–Crippen MR) is 124 cm³/mol. The zero-order valence-electron chi connectivity index (χ0n) is 19.0. The molecule has 1 N–H and O–H groups in total. The lowest BCUT2D eigenvalue weighted by molar-refractivity contribution is -0.132. The summed E-state index contributed by atoms with van der Waals surface area (Å²) in [5, 5.41) is 9.36. The summed E-state index contributed by atoms with van der Waals surface area (Å²) in [4.78, 5) is 11.4. The Bertz CT molecular complexity index is 395. The number of aliphatic carboxylic acids is 1. The molecule has 0 amide bonds. The molecule has 0 unspecified atom stereocenters. The average molecular weight is 393 g/mol. The number of hydrogen-bond donors (Lipinski definition) is 1. The van der Waals surface area contributed by atoms with Gasteiger partial charge in [-0.05, 0) is 25.7 Å². The Hall–Kier alpha value is -1.05. The van der Waals surface area contributed by atoms with Crippen LogP contribution < -0.4 is 0 Å². The topological polar surface area (TPSA) is 37.3 Å². The van der Waals surface area contributed by atoms with Crippen molar-refractivity contribution in [2.75, 3.05) is 0 Å². The van der Waals surface area contributed by atoms with Crippen LogP contribution in [0.15, 0.2) is 23.8 Å². The maximum absolute atomic E-state index is 11.4. The third-order valence-corrected chi connectivity index (χ3v) is 5.48. The molecule has 0 aliphatic carbocycles. The Balaban J connectivity index is 3.69. The van der Waals surface area contributed by atoms with Gasteiger partial charge in [-0.1, -0.05) is 128 Å². The molecule has 0 spiro atoms. The van der Waals surface area contributed by atoms with Crippen molar-refractivity contribution < 1.29 is 9.90 Å². The molecule has 0 aliphatic heterocycles. The fraction of sp³-hybridized carbons (Fsp3) is 0.808. The quantitative estimate of drug-likeness (QED) is 0.120. The van der Waals surface area contributed by atoms with Crippen LogP contribution in [0.3, 0.4) is 0 Å². The van der Waals surface area contributed by atoms with Crippen molar-refractivity contribution in [3.8, 4) is 0 Å². The molecule has 0 heterocycles. The summed E-state index contributed by atoms with van der Waals surface area (Å²) in [5.41, 5.74) is 0.565. The summed E-state index contributed by atoms with van der Waals surface area (Å²) in [5.74, 6) is -0.753. The first-order valence-corrected chi connectivity index (χ1v) is 12.3. The van der Waals surface area contributed by atoms with Crippen molar-refractivity contribution in [2.24, 2.45) is 0 Å². The van der Waals surface area contributed by atoms with Crippen LogP contribution in [0.1, 0.15) is 136 Å². The number of unbranched alkanes of at least 4 members (excludes halogenated alkanes) is 16. The summed E-state index contributed by atoms with van der Waals surface area (Å²) >= 11 is 0. The molecule has 0 radical (unpaired) electrons. The van der Waals surface area contributed by atoms with Crippen LogP contribution in [-0.4, -0.2) is 11.1 Å². The van der Waals surface area contributed by atoms with Gasteiger partial charge in [0.25, 0.3) is 0 Å². The van der Waals surface area contributed by atoms with E-state index in [1.165, 1.54) is 96.3 Å². The summed E-state index contributed by atoms with van der Waals surface area (Å²) in [7, 11) is 0. The maximum atomic E-state index is 11.4. The summed E-state index contributed by atoms with van der Waals surface area (Å²) in [6.45, 7) is 4.51. The van der Waals surface area contributed by atoms with Crippen LogP contribution in [-0.2, 0) is 4.79 Å². The lowest BCUT2D eigenvalue weighted by Gasteiger charge is -2.03. The molecular weight excluding hydrogens is 344 g/mol. The molecule has 0 aromatic heterocycles. The van der Waals surface area contributed by atoms with Crippen LogP contribution in [0.5, 0.6) is 0 Å². The standard InChI is InChI=1S/C26H48O2/c1-3-5-7-9-11-13-14-16-18-20-22-24-25(26(27)28)23-21-19-17-15-12-10-8-6-4-2/h20,22,24H,3-19,21,23H2,1-2H3,(H,27,28). The SMILES string of the molecule is CCCCCCCCCCC=CC=C(CCCCCCCCCCC)C(=O)O. The van der Waals surface area contributed by atoms with Crippen molar-refractivity contribution in [3.63, 3.8) is 0 Å². The minimum atomic E-state index is -0.753. The Kier molecular flexibility index (Phi) is 21.4. The molecule has 0 fully saturated rings. The van der Waals surface area contributed by atoms with Crippen LogP contribution in [0.25, 0.3) is 0 Å². The van der Waals surface area contributed by atoms with Gasteiger partial charge in [0.05, 0.1) is 0 Å². The van der Waals surface area contributed by atoms with Gasteiger partial charge in [0.2, 0.25) is 0 Å². The largest absolute Gasteiger partial charge is 0.478 e. The first kappa shape index (κ1) is 27.0. The van der Waals surface area contributed by atoms with E-state index in [4.69, 9.17) is 0 Å². The highest BCUT2D eigenvalue weighted by Crippen LogP contribution is 2.14. The second-order valence-electron chi connectivity index (χ2n) is 8.27. The molecule has 2 heteroatoms. The van der Waals surface area contributed by atoms with Gasteiger partial charge in [-0.25, -0.2) is 4.79 Å². The van der Waals surface area contributed by atoms with Gasteiger partial charge in [-0.15, -0.1) is 0 Å². The third kappa shape index (κ3) is 19.7. The van der Waals surface area contributed by atoms with E-state index in [9.17, 15) is 9.90 Å². The van der Waals surface area contributed by atoms with Crippen LogP contribution in [0, 0.1) is 0 Å². The average Bonchev–Trinajstić information content (AvgIpc) is 2.68. The van der Waals surface area contributed by atoms with Gasteiger partial charge in [-0.3, -0.25) is 0 Å². The lowest BCUT2D eigenvalue weighted by Crippen LogP contribution is -2.00. The van der Waals surface area contributed by atoms with E-state index in [0.29, 0.717) is 12.0 Å². The van der Waals surface area contributed by atoms with E-state index in [1.807, 2.05) is 12.2 Å². The van der Waals surface area contributed by atoms with E-state index in [-0.39, 0.29) is 0 Å². The molecule has 0 saturated heterocycles. The van der Waals surface area contributed by atoms with Crippen molar-refractivity contribution in [2.45, 2.75) is 136 Å². The Morgan fingerprint density at radius 1 is 0.643 bits per heavy atom. The Labute approximate surface area is 175 Å². The van der Waals surface area contributed by atoms with Crippen molar-refractivity contribution in [3.05, 3.63) is 23.8 Å². The van der Waals surface area contributed by atoms with E-state index < -0.39 is 5.97 Å². The number of hydrogen-bond acceptors (Lipinski definition) is 1. The molecule has 28 heavy (non-hydrogen) atoms. The van der Waals surface area contributed by atoms with Crippen molar-refractivity contribution in [1.29, 1.82) is 0 Å². The van der Waals surface area contributed by atoms with E-state index in [1.54, 1.807) is 0 Å².